The van der Waals surface area contributed by atoms with Crippen molar-refractivity contribution < 1.29 is 14.2 Å². The average Bonchev–Trinajstić information content (AvgIpc) is 2.94. The molecule has 3 heterocycles. The first-order valence-corrected chi connectivity index (χ1v) is 11.8. The molecule has 2 aliphatic heterocycles. The van der Waals surface area contributed by atoms with E-state index in [2.05, 4.69) is 30.3 Å². The van der Waals surface area contributed by atoms with Crippen molar-refractivity contribution in [3.63, 3.8) is 0 Å². The van der Waals surface area contributed by atoms with E-state index in [0.717, 1.165) is 43.1 Å². The SMILES string of the molecule is C(=N/Nc1nc(N2CCOCC2)nc(N2CCOCC2)n1)/c1ccc(OCc2ccccc2)cc1. The molecular formula is C25H29N7O3. The molecule has 0 atom stereocenters. The van der Waals surface area contributed by atoms with Crippen LogP contribution in [0, 0.1) is 0 Å². The lowest BCUT2D eigenvalue weighted by atomic mass is 10.2. The third-order valence-corrected chi connectivity index (χ3v) is 5.71. The minimum Gasteiger partial charge on any atom is -0.489 e. The fourth-order valence-electron chi connectivity index (χ4n) is 3.77. The molecule has 2 aromatic carbocycles. The van der Waals surface area contributed by atoms with Gasteiger partial charge in [0.1, 0.15) is 12.4 Å². The van der Waals surface area contributed by atoms with Gasteiger partial charge in [-0.2, -0.15) is 20.1 Å². The lowest BCUT2D eigenvalue weighted by molar-refractivity contribution is 0.121. The Morgan fingerprint density at radius 2 is 1.40 bits per heavy atom. The number of benzene rings is 2. The molecule has 10 nitrogen and oxygen atoms in total. The van der Waals surface area contributed by atoms with Gasteiger partial charge in [0.2, 0.25) is 17.8 Å². The molecular weight excluding hydrogens is 446 g/mol. The van der Waals surface area contributed by atoms with Gasteiger partial charge in [0, 0.05) is 26.2 Å². The Morgan fingerprint density at radius 1 is 0.800 bits per heavy atom. The molecule has 10 heteroatoms. The standard InChI is InChI=1S/C25H29N7O3/c1-2-4-21(5-3-1)19-35-22-8-6-20(7-9-22)18-26-30-23-27-24(31-10-14-33-15-11-31)29-25(28-23)32-12-16-34-17-13-32/h1-9,18H,10-17,19H2,(H,27,28,29,30)/b26-18-. The minimum atomic E-state index is 0.405. The molecule has 2 saturated heterocycles. The molecule has 3 aromatic rings. The monoisotopic (exact) mass is 475 g/mol. The first kappa shape index (κ1) is 23.0. The van der Waals surface area contributed by atoms with Crippen molar-refractivity contribution in [2.45, 2.75) is 6.61 Å². The zero-order valence-electron chi connectivity index (χ0n) is 19.5. The normalized spacial score (nSPS) is 16.5. The van der Waals surface area contributed by atoms with Crippen molar-refractivity contribution in [2.24, 2.45) is 5.10 Å². The molecule has 0 amide bonds. The van der Waals surface area contributed by atoms with Crippen LogP contribution in [0.3, 0.4) is 0 Å². The molecule has 0 aliphatic carbocycles. The van der Waals surface area contributed by atoms with Gasteiger partial charge in [-0.3, -0.25) is 0 Å². The molecule has 2 aliphatic rings. The summed E-state index contributed by atoms with van der Waals surface area (Å²) in [6.07, 6.45) is 1.73. The van der Waals surface area contributed by atoms with Crippen molar-refractivity contribution in [3.05, 3.63) is 65.7 Å². The van der Waals surface area contributed by atoms with Crippen LogP contribution in [-0.4, -0.2) is 73.8 Å². The van der Waals surface area contributed by atoms with E-state index in [0.29, 0.717) is 50.9 Å². The molecule has 1 aromatic heterocycles. The van der Waals surface area contributed by atoms with Gasteiger partial charge in [0.25, 0.3) is 0 Å². The molecule has 5 rings (SSSR count). The number of hydrogen-bond acceptors (Lipinski definition) is 10. The van der Waals surface area contributed by atoms with E-state index in [1.807, 2.05) is 54.6 Å². The number of hydrogen-bond donors (Lipinski definition) is 1. The van der Waals surface area contributed by atoms with Gasteiger partial charge >= 0.3 is 0 Å². The predicted octanol–water partition coefficient (Wildman–Crippen LogP) is 2.57. The summed E-state index contributed by atoms with van der Waals surface area (Å²) < 4.78 is 16.8. The number of nitrogens with one attached hydrogen (secondary N) is 1. The zero-order chi connectivity index (χ0) is 23.7. The van der Waals surface area contributed by atoms with Gasteiger partial charge in [0.05, 0.1) is 32.6 Å². The Labute approximate surface area is 204 Å². The van der Waals surface area contributed by atoms with Crippen LogP contribution in [-0.2, 0) is 16.1 Å². The maximum Gasteiger partial charge on any atom is 0.250 e. The van der Waals surface area contributed by atoms with Gasteiger partial charge < -0.3 is 24.0 Å². The fraction of sp³-hybridized carbons (Fsp3) is 0.360. The first-order chi connectivity index (χ1) is 17.3. The van der Waals surface area contributed by atoms with E-state index in [1.54, 1.807) is 6.21 Å². The number of hydrazone groups is 1. The molecule has 2 fully saturated rings. The van der Waals surface area contributed by atoms with Gasteiger partial charge in [-0.05, 0) is 35.4 Å². The Hall–Kier alpha value is -3.76. The molecule has 35 heavy (non-hydrogen) atoms. The maximum atomic E-state index is 5.85. The summed E-state index contributed by atoms with van der Waals surface area (Å²) >= 11 is 0. The van der Waals surface area contributed by atoms with Gasteiger partial charge in [-0.15, -0.1) is 0 Å². The predicted molar refractivity (Wildman–Crippen MR) is 134 cm³/mol. The highest BCUT2D eigenvalue weighted by molar-refractivity contribution is 5.80. The molecule has 1 N–H and O–H groups in total. The Bertz CT molecular complexity index is 1060. The molecule has 0 unspecified atom stereocenters. The van der Waals surface area contributed by atoms with Crippen LogP contribution in [0.2, 0.25) is 0 Å². The first-order valence-electron chi connectivity index (χ1n) is 11.8. The van der Waals surface area contributed by atoms with Crippen LogP contribution >= 0.6 is 0 Å². The van der Waals surface area contributed by atoms with Crippen LogP contribution in [0.5, 0.6) is 5.75 Å². The number of anilines is 3. The van der Waals surface area contributed by atoms with E-state index in [1.165, 1.54) is 0 Å². The molecule has 0 radical (unpaired) electrons. The van der Waals surface area contributed by atoms with Crippen LogP contribution in [0.4, 0.5) is 17.8 Å². The van der Waals surface area contributed by atoms with Crippen molar-refractivity contribution >= 4 is 24.1 Å². The van der Waals surface area contributed by atoms with Crippen molar-refractivity contribution in [1.29, 1.82) is 0 Å². The average molecular weight is 476 g/mol. The topological polar surface area (TPSA) is 97.2 Å². The third-order valence-electron chi connectivity index (χ3n) is 5.71. The zero-order valence-corrected chi connectivity index (χ0v) is 19.5. The van der Waals surface area contributed by atoms with E-state index >= 15 is 0 Å². The summed E-state index contributed by atoms with van der Waals surface area (Å²) in [4.78, 5) is 18.1. The number of morpholine rings is 2. The minimum absolute atomic E-state index is 0.405. The summed E-state index contributed by atoms with van der Waals surface area (Å²) in [7, 11) is 0. The number of ether oxygens (including phenoxy) is 3. The highest BCUT2D eigenvalue weighted by Crippen LogP contribution is 2.19. The van der Waals surface area contributed by atoms with Crippen molar-refractivity contribution in [2.75, 3.05) is 67.8 Å². The second-order valence-corrected chi connectivity index (χ2v) is 8.17. The quantitative estimate of drug-likeness (QED) is 0.389. The number of nitrogens with zero attached hydrogens (tertiary/aromatic N) is 6. The van der Waals surface area contributed by atoms with Crippen molar-refractivity contribution in [3.8, 4) is 5.75 Å². The number of rotatable bonds is 8. The summed E-state index contributed by atoms with van der Waals surface area (Å²) in [5.74, 6) is 2.47. The molecule has 0 saturated carbocycles. The van der Waals surface area contributed by atoms with Crippen molar-refractivity contribution in [1.82, 2.24) is 15.0 Å². The summed E-state index contributed by atoms with van der Waals surface area (Å²) in [6.45, 7) is 6.14. The second-order valence-electron chi connectivity index (χ2n) is 8.17. The largest absolute Gasteiger partial charge is 0.489 e. The molecule has 0 bridgehead atoms. The lowest BCUT2D eigenvalue weighted by Crippen LogP contribution is -2.40. The van der Waals surface area contributed by atoms with Gasteiger partial charge in [-0.25, -0.2) is 5.43 Å². The highest BCUT2D eigenvalue weighted by atomic mass is 16.5. The fourth-order valence-corrected chi connectivity index (χ4v) is 3.77. The maximum absolute atomic E-state index is 5.85. The summed E-state index contributed by atoms with van der Waals surface area (Å²) in [6, 6.07) is 17.9. The summed E-state index contributed by atoms with van der Waals surface area (Å²) in [5, 5.41) is 4.35. The molecule has 0 spiro atoms. The van der Waals surface area contributed by atoms with E-state index in [9.17, 15) is 0 Å². The van der Waals surface area contributed by atoms with E-state index in [4.69, 9.17) is 19.2 Å². The van der Waals surface area contributed by atoms with Gasteiger partial charge in [0.15, 0.2) is 0 Å². The van der Waals surface area contributed by atoms with Crippen LogP contribution in [0.1, 0.15) is 11.1 Å². The second kappa shape index (κ2) is 11.6. The smallest absolute Gasteiger partial charge is 0.250 e. The Morgan fingerprint density at radius 3 is 2.00 bits per heavy atom. The Kier molecular flexibility index (Phi) is 7.61. The number of aromatic nitrogens is 3. The van der Waals surface area contributed by atoms with Gasteiger partial charge in [-0.1, -0.05) is 30.3 Å². The van der Waals surface area contributed by atoms with E-state index < -0.39 is 0 Å². The van der Waals surface area contributed by atoms with E-state index in [-0.39, 0.29) is 0 Å². The summed E-state index contributed by atoms with van der Waals surface area (Å²) in [5.41, 5.74) is 5.04. The van der Waals surface area contributed by atoms with Crippen LogP contribution in [0.25, 0.3) is 0 Å². The third kappa shape index (κ3) is 6.43. The highest BCUT2D eigenvalue weighted by Gasteiger charge is 2.20. The molecule has 182 valence electrons. The van der Waals surface area contributed by atoms with Crippen LogP contribution < -0.4 is 20.0 Å². The lowest BCUT2D eigenvalue weighted by Gasteiger charge is -2.30. The Balaban J connectivity index is 1.24. The van der Waals surface area contributed by atoms with Crippen LogP contribution in [0.15, 0.2) is 59.7 Å².